The number of aromatic nitrogens is 2. The van der Waals surface area contributed by atoms with Crippen LogP contribution in [0.3, 0.4) is 0 Å². The smallest absolute Gasteiger partial charge is 0.263 e. The zero-order valence-corrected chi connectivity index (χ0v) is 22.9. The maximum Gasteiger partial charge on any atom is 0.263 e. The van der Waals surface area contributed by atoms with E-state index in [0.717, 1.165) is 74.9 Å². The SMILES string of the molecule is COc1ccccc1-n1c(SCC(=O)N2CCCCC2)nc2c(c1=O)C1(CCCCC1)Cc1ccccc1-2. The molecule has 0 radical (unpaired) electrons. The molecule has 198 valence electrons. The summed E-state index contributed by atoms with van der Waals surface area (Å²) in [4.78, 5) is 35.0. The molecule has 0 N–H and O–H groups in total. The van der Waals surface area contributed by atoms with E-state index < -0.39 is 0 Å². The van der Waals surface area contributed by atoms with Crippen molar-refractivity contribution in [2.75, 3.05) is 26.0 Å². The van der Waals surface area contributed by atoms with Crippen molar-refractivity contribution in [3.05, 3.63) is 70.0 Å². The molecule has 7 heteroatoms. The molecule has 1 saturated heterocycles. The predicted octanol–water partition coefficient (Wildman–Crippen LogP) is 5.77. The molecule has 3 aromatic rings. The highest BCUT2D eigenvalue weighted by Crippen LogP contribution is 2.49. The first-order chi connectivity index (χ1) is 18.6. The van der Waals surface area contributed by atoms with Crippen LogP contribution in [0.4, 0.5) is 0 Å². The van der Waals surface area contributed by atoms with Gasteiger partial charge in [-0.05, 0) is 56.2 Å². The van der Waals surface area contributed by atoms with Crippen molar-refractivity contribution in [1.82, 2.24) is 14.5 Å². The summed E-state index contributed by atoms with van der Waals surface area (Å²) < 4.78 is 7.41. The lowest BCUT2D eigenvalue weighted by molar-refractivity contribution is -0.129. The highest BCUT2D eigenvalue weighted by molar-refractivity contribution is 7.99. The standard InChI is InChI=1S/C31H35N3O3S/c1-37-25-15-7-6-14-24(25)34-29(36)27-28(32-30(34)38-21-26(35)33-18-10-3-11-19-33)23-13-5-4-12-22(23)20-31(27)16-8-2-9-17-31/h4-7,12-15H,2-3,8-11,16-21H2,1H3. The summed E-state index contributed by atoms with van der Waals surface area (Å²) in [7, 11) is 1.63. The molecule has 2 aliphatic carbocycles. The fourth-order valence-corrected chi connectivity index (χ4v) is 7.57. The first kappa shape index (κ1) is 25.2. The van der Waals surface area contributed by atoms with E-state index >= 15 is 0 Å². The van der Waals surface area contributed by atoms with Crippen molar-refractivity contribution in [2.45, 2.75) is 68.4 Å². The third kappa shape index (κ3) is 4.45. The molecule has 3 aliphatic rings. The second kappa shape index (κ2) is 10.6. The Morgan fingerprint density at radius 2 is 1.68 bits per heavy atom. The molecule has 1 aliphatic heterocycles. The van der Waals surface area contributed by atoms with E-state index in [2.05, 4.69) is 18.2 Å². The lowest BCUT2D eigenvalue weighted by Gasteiger charge is -2.42. The molecule has 6 nitrogen and oxygen atoms in total. The van der Waals surface area contributed by atoms with Gasteiger partial charge in [0.2, 0.25) is 5.91 Å². The van der Waals surface area contributed by atoms with Crippen molar-refractivity contribution < 1.29 is 9.53 Å². The number of benzene rings is 2. The average Bonchev–Trinajstić information content (AvgIpc) is 2.96. The number of thioether (sulfide) groups is 1. The zero-order valence-electron chi connectivity index (χ0n) is 22.1. The van der Waals surface area contributed by atoms with Crippen LogP contribution in [0.2, 0.25) is 0 Å². The Kier molecular flexibility index (Phi) is 7.04. The van der Waals surface area contributed by atoms with Gasteiger partial charge in [-0.1, -0.05) is 67.4 Å². The second-order valence-corrected chi connectivity index (χ2v) is 11.8. The monoisotopic (exact) mass is 529 g/mol. The summed E-state index contributed by atoms with van der Waals surface area (Å²) in [5.74, 6) is 0.986. The molecular formula is C31H35N3O3S. The molecule has 1 spiro atoms. The minimum Gasteiger partial charge on any atom is -0.495 e. The summed E-state index contributed by atoms with van der Waals surface area (Å²) in [6, 6.07) is 16.0. The molecule has 2 fully saturated rings. The number of hydrogen-bond donors (Lipinski definition) is 0. The summed E-state index contributed by atoms with van der Waals surface area (Å²) in [6.07, 6.45) is 9.61. The number of carbonyl (C=O) groups is 1. The molecule has 1 amide bonds. The number of fused-ring (bicyclic) bond motifs is 4. The maximum atomic E-state index is 14.7. The van der Waals surface area contributed by atoms with Gasteiger partial charge in [0, 0.05) is 24.1 Å². The molecule has 1 saturated carbocycles. The fraction of sp³-hybridized carbons (Fsp3) is 0.452. The molecule has 38 heavy (non-hydrogen) atoms. The minimum atomic E-state index is -0.206. The summed E-state index contributed by atoms with van der Waals surface area (Å²) >= 11 is 1.36. The van der Waals surface area contributed by atoms with Gasteiger partial charge in [-0.15, -0.1) is 0 Å². The molecule has 0 atom stereocenters. The Morgan fingerprint density at radius 3 is 2.47 bits per heavy atom. The largest absolute Gasteiger partial charge is 0.495 e. The number of para-hydroxylation sites is 2. The minimum absolute atomic E-state index is 0.0242. The Balaban J connectivity index is 1.53. The number of nitrogens with zero attached hydrogens (tertiary/aromatic N) is 3. The first-order valence-corrected chi connectivity index (χ1v) is 14.9. The van der Waals surface area contributed by atoms with Crippen LogP contribution in [0, 0.1) is 0 Å². The van der Waals surface area contributed by atoms with Crippen LogP contribution < -0.4 is 10.3 Å². The Labute approximate surface area is 228 Å². The van der Waals surface area contributed by atoms with Crippen LogP contribution in [0.25, 0.3) is 16.9 Å². The number of methoxy groups -OCH3 is 1. The van der Waals surface area contributed by atoms with Gasteiger partial charge >= 0.3 is 0 Å². The number of ether oxygens (including phenoxy) is 1. The van der Waals surface area contributed by atoms with E-state index in [-0.39, 0.29) is 22.6 Å². The van der Waals surface area contributed by atoms with Crippen molar-refractivity contribution in [2.24, 2.45) is 0 Å². The highest BCUT2D eigenvalue weighted by atomic mass is 32.2. The van der Waals surface area contributed by atoms with E-state index in [1.807, 2.05) is 35.2 Å². The number of hydrogen-bond acceptors (Lipinski definition) is 5. The second-order valence-electron chi connectivity index (χ2n) is 10.8. The molecule has 0 bridgehead atoms. The van der Waals surface area contributed by atoms with E-state index in [1.165, 1.54) is 30.2 Å². The number of carbonyl (C=O) groups excluding carboxylic acids is 1. The van der Waals surface area contributed by atoms with Gasteiger partial charge in [-0.25, -0.2) is 4.98 Å². The Bertz CT molecular complexity index is 1400. The highest BCUT2D eigenvalue weighted by Gasteiger charge is 2.43. The summed E-state index contributed by atoms with van der Waals surface area (Å²) in [6.45, 7) is 1.62. The Morgan fingerprint density at radius 1 is 0.974 bits per heavy atom. The topological polar surface area (TPSA) is 64.4 Å². The molecule has 1 aromatic heterocycles. The third-order valence-electron chi connectivity index (χ3n) is 8.55. The molecule has 2 heterocycles. The van der Waals surface area contributed by atoms with E-state index in [4.69, 9.17) is 9.72 Å². The predicted molar refractivity (Wildman–Crippen MR) is 151 cm³/mol. The molecular weight excluding hydrogens is 494 g/mol. The van der Waals surface area contributed by atoms with Crippen LogP contribution >= 0.6 is 11.8 Å². The third-order valence-corrected chi connectivity index (χ3v) is 9.48. The van der Waals surface area contributed by atoms with Gasteiger partial charge in [0.25, 0.3) is 5.56 Å². The summed E-state index contributed by atoms with van der Waals surface area (Å²) in [5.41, 5.74) is 4.40. The van der Waals surface area contributed by atoms with Crippen molar-refractivity contribution in [3.8, 4) is 22.7 Å². The lowest BCUT2D eigenvalue weighted by atomic mass is 9.62. The van der Waals surface area contributed by atoms with Gasteiger partial charge in [0.15, 0.2) is 5.16 Å². The summed E-state index contributed by atoms with van der Waals surface area (Å²) in [5, 5.41) is 0.547. The van der Waals surface area contributed by atoms with Gasteiger partial charge in [-0.2, -0.15) is 0 Å². The van der Waals surface area contributed by atoms with Gasteiger partial charge in [-0.3, -0.25) is 14.2 Å². The normalized spacial score (nSPS) is 18.1. The van der Waals surface area contributed by atoms with Gasteiger partial charge < -0.3 is 9.64 Å². The maximum absolute atomic E-state index is 14.7. The van der Waals surface area contributed by atoms with E-state index in [9.17, 15) is 9.59 Å². The molecule has 0 unspecified atom stereocenters. The number of likely N-dealkylation sites (tertiary alicyclic amines) is 1. The van der Waals surface area contributed by atoms with Crippen LogP contribution in [-0.2, 0) is 16.6 Å². The molecule has 6 rings (SSSR count). The van der Waals surface area contributed by atoms with Crippen LogP contribution in [0.1, 0.15) is 62.5 Å². The van der Waals surface area contributed by atoms with Crippen LogP contribution in [-0.4, -0.2) is 46.3 Å². The number of amides is 1. The Hall–Kier alpha value is -3.06. The average molecular weight is 530 g/mol. The quantitative estimate of drug-likeness (QED) is 0.310. The molecule has 2 aromatic carbocycles. The zero-order chi connectivity index (χ0) is 26.1. The fourth-order valence-electron chi connectivity index (χ4n) is 6.67. The lowest BCUT2D eigenvalue weighted by Crippen LogP contribution is -2.43. The van der Waals surface area contributed by atoms with Crippen LogP contribution in [0.5, 0.6) is 5.75 Å². The van der Waals surface area contributed by atoms with Crippen LogP contribution in [0.15, 0.2) is 58.5 Å². The van der Waals surface area contributed by atoms with E-state index in [0.29, 0.717) is 16.6 Å². The van der Waals surface area contributed by atoms with Crippen molar-refractivity contribution in [1.29, 1.82) is 0 Å². The first-order valence-electron chi connectivity index (χ1n) is 13.9. The number of rotatable bonds is 5. The van der Waals surface area contributed by atoms with Gasteiger partial charge in [0.1, 0.15) is 5.75 Å². The number of piperidine rings is 1. The van der Waals surface area contributed by atoms with Crippen molar-refractivity contribution in [3.63, 3.8) is 0 Å². The van der Waals surface area contributed by atoms with Crippen molar-refractivity contribution >= 4 is 17.7 Å². The van der Waals surface area contributed by atoms with Gasteiger partial charge in [0.05, 0.1) is 29.8 Å². The van der Waals surface area contributed by atoms with E-state index in [1.54, 1.807) is 11.7 Å².